The van der Waals surface area contributed by atoms with Crippen molar-refractivity contribution in [1.82, 2.24) is 0 Å². The molecule has 1 aliphatic rings. The largest absolute Gasteiger partial charge is 0.376 e. The van der Waals surface area contributed by atoms with Crippen LogP contribution in [-0.4, -0.2) is 42.7 Å². The van der Waals surface area contributed by atoms with Crippen molar-refractivity contribution in [2.24, 2.45) is 0 Å². The number of aliphatic hydroxyl groups is 1. The molecule has 0 amide bonds. The standard InChI is InChI=1S/C24H36O5/c1-8-9-10-11-16-19(25)17-14-12-13-15-18(17)22-28-20(23(2,3)26-6)21(29-22)24(4,5)27-7/h12-15,19-22,25H,8-10H2,1-7H3/t19-,20+,21+/m0/s1. The lowest BCUT2D eigenvalue weighted by Crippen LogP contribution is -2.53. The van der Waals surface area contributed by atoms with Gasteiger partial charge in [0, 0.05) is 31.8 Å². The monoisotopic (exact) mass is 404 g/mol. The molecular formula is C24H36O5. The van der Waals surface area contributed by atoms with Crippen LogP contribution in [0.1, 0.15) is 77.4 Å². The molecule has 0 aromatic heterocycles. The molecule has 1 aromatic rings. The van der Waals surface area contributed by atoms with E-state index in [1.807, 2.05) is 52.0 Å². The van der Waals surface area contributed by atoms with Crippen LogP contribution in [0, 0.1) is 11.8 Å². The first-order valence-electron chi connectivity index (χ1n) is 10.3. The fraction of sp³-hybridized carbons (Fsp3) is 0.667. The highest BCUT2D eigenvalue weighted by atomic mass is 16.7. The first kappa shape index (κ1) is 23.9. The van der Waals surface area contributed by atoms with Crippen LogP contribution in [0.15, 0.2) is 24.3 Å². The van der Waals surface area contributed by atoms with E-state index in [9.17, 15) is 5.11 Å². The van der Waals surface area contributed by atoms with Crippen molar-refractivity contribution < 1.29 is 24.1 Å². The van der Waals surface area contributed by atoms with Gasteiger partial charge in [0.15, 0.2) is 6.29 Å². The molecule has 2 rings (SSSR count). The van der Waals surface area contributed by atoms with Crippen molar-refractivity contribution in [3.63, 3.8) is 0 Å². The summed E-state index contributed by atoms with van der Waals surface area (Å²) in [6.45, 7) is 10.0. The minimum absolute atomic E-state index is 0.353. The van der Waals surface area contributed by atoms with Gasteiger partial charge in [0.05, 0.1) is 11.2 Å². The second-order valence-electron chi connectivity index (χ2n) is 8.52. The second-order valence-corrected chi connectivity index (χ2v) is 8.52. The van der Waals surface area contributed by atoms with Gasteiger partial charge in [-0.1, -0.05) is 43.5 Å². The van der Waals surface area contributed by atoms with Crippen LogP contribution in [0.25, 0.3) is 0 Å². The Balaban J connectivity index is 2.34. The lowest BCUT2D eigenvalue weighted by molar-refractivity contribution is -0.132. The fourth-order valence-corrected chi connectivity index (χ4v) is 3.36. The first-order valence-corrected chi connectivity index (χ1v) is 10.3. The molecule has 29 heavy (non-hydrogen) atoms. The topological polar surface area (TPSA) is 57.2 Å². The highest BCUT2D eigenvalue weighted by Gasteiger charge is 2.52. The van der Waals surface area contributed by atoms with Gasteiger partial charge in [-0.2, -0.15) is 0 Å². The zero-order valence-corrected chi connectivity index (χ0v) is 18.8. The van der Waals surface area contributed by atoms with Gasteiger partial charge in [0.25, 0.3) is 0 Å². The van der Waals surface area contributed by atoms with Gasteiger partial charge in [-0.15, -0.1) is 5.92 Å². The summed E-state index contributed by atoms with van der Waals surface area (Å²) < 4.78 is 24.1. The van der Waals surface area contributed by atoms with E-state index >= 15 is 0 Å². The first-order chi connectivity index (χ1) is 13.7. The van der Waals surface area contributed by atoms with Crippen molar-refractivity contribution >= 4 is 0 Å². The molecule has 0 aliphatic carbocycles. The summed E-state index contributed by atoms with van der Waals surface area (Å²) in [4.78, 5) is 0. The number of aliphatic hydroxyl groups excluding tert-OH is 1. The Hall–Kier alpha value is -1.42. The summed E-state index contributed by atoms with van der Waals surface area (Å²) in [5.41, 5.74) is 0.313. The van der Waals surface area contributed by atoms with E-state index < -0.39 is 23.6 Å². The van der Waals surface area contributed by atoms with Gasteiger partial charge < -0.3 is 24.1 Å². The van der Waals surface area contributed by atoms with Crippen molar-refractivity contribution in [3.8, 4) is 11.8 Å². The molecule has 1 saturated heterocycles. The average Bonchev–Trinajstić information content (AvgIpc) is 3.18. The van der Waals surface area contributed by atoms with Crippen LogP contribution < -0.4 is 0 Å². The number of methoxy groups -OCH3 is 2. The van der Waals surface area contributed by atoms with Gasteiger partial charge >= 0.3 is 0 Å². The summed E-state index contributed by atoms with van der Waals surface area (Å²) in [5.74, 6) is 6.01. The Bertz CT molecular complexity index is 691. The Morgan fingerprint density at radius 2 is 1.59 bits per heavy atom. The molecule has 162 valence electrons. The van der Waals surface area contributed by atoms with Gasteiger partial charge in [-0.25, -0.2) is 0 Å². The number of unbranched alkanes of at least 4 members (excludes halogenated alkanes) is 2. The number of benzene rings is 1. The third kappa shape index (κ3) is 5.59. The molecule has 1 aromatic carbocycles. The summed E-state index contributed by atoms with van der Waals surface area (Å²) in [5, 5.41) is 10.7. The molecule has 1 N–H and O–H groups in total. The Labute approximate surface area is 175 Å². The average molecular weight is 405 g/mol. The lowest BCUT2D eigenvalue weighted by Gasteiger charge is -2.38. The molecule has 0 bridgehead atoms. The highest BCUT2D eigenvalue weighted by molar-refractivity contribution is 5.35. The predicted molar refractivity (Wildman–Crippen MR) is 113 cm³/mol. The normalized spacial score (nSPS) is 21.7. The summed E-state index contributed by atoms with van der Waals surface area (Å²) in [6.07, 6.45) is 0.647. The molecule has 5 heteroatoms. The highest BCUT2D eigenvalue weighted by Crippen LogP contribution is 2.43. The Morgan fingerprint density at radius 3 is 2.10 bits per heavy atom. The third-order valence-corrected chi connectivity index (χ3v) is 5.68. The van der Waals surface area contributed by atoms with E-state index in [0.29, 0.717) is 5.56 Å². The SMILES string of the molecule is CCCCC#C[C@H](O)c1ccccc1C1O[C@@H](C(C)(C)OC)[C@H](C(C)(C)OC)O1. The maximum absolute atomic E-state index is 10.7. The number of rotatable bonds is 8. The quantitative estimate of drug-likeness (QED) is 0.509. The van der Waals surface area contributed by atoms with E-state index in [2.05, 4.69) is 18.8 Å². The van der Waals surface area contributed by atoms with Gasteiger partial charge in [0.2, 0.25) is 0 Å². The molecule has 1 fully saturated rings. The minimum Gasteiger partial charge on any atom is -0.376 e. The van der Waals surface area contributed by atoms with E-state index in [4.69, 9.17) is 18.9 Å². The van der Waals surface area contributed by atoms with Crippen LogP contribution in [0.3, 0.4) is 0 Å². The van der Waals surface area contributed by atoms with Crippen molar-refractivity contribution in [2.45, 2.75) is 89.7 Å². The summed E-state index contributed by atoms with van der Waals surface area (Å²) in [6, 6.07) is 7.58. The summed E-state index contributed by atoms with van der Waals surface area (Å²) >= 11 is 0. The van der Waals surface area contributed by atoms with Crippen LogP contribution >= 0.6 is 0 Å². The maximum atomic E-state index is 10.7. The van der Waals surface area contributed by atoms with E-state index in [-0.39, 0.29) is 12.2 Å². The minimum atomic E-state index is -0.890. The van der Waals surface area contributed by atoms with Crippen molar-refractivity contribution in [3.05, 3.63) is 35.4 Å². The zero-order valence-electron chi connectivity index (χ0n) is 18.8. The third-order valence-electron chi connectivity index (χ3n) is 5.68. The molecular weight excluding hydrogens is 368 g/mol. The van der Waals surface area contributed by atoms with Crippen molar-refractivity contribution in [1.29, 1.82) is 0 Å². The Kier molecular flexibility index (Phi) is 8.28. The van der Waals surface area contributed by atoms with Crippen LogP contribution in [-0.2, 0) is 18.9 Å². The Morgan fingerprint density at radius 1 is 1.03 bits per heavy atom. The second kappa shape index (κ2) is 10.1. The van der Waals surface area contributed by atoms with Gasteiger partial charge in [-0.05, 0) is 34.1 Å². The number of ether oxygens (including phenoxy) is 4. The molecule has 5 nitrogen and oxygen atoms in total. The smallest absolute Gasteiger partial charge is 0.185 e. The predicted octanol–water partition coefficient (Wildman–Crippen LogP) is 4.55. The van der Waals surface area contributed by atoms with E-state index in [1.165, 1.54) is 0 Å². The molecule has 0 saturated carbocycles. The molecule has 1 heterocycles. The molecule has 1 aliphatic heterocycles. The van der Waals surface area contributed by atoms with Crippen LogP contribution in [0.4, 0.5) is 0 Å². The van der Waals surface area contributed by atoms with Crippen LogP contribution in [0.2, 0.25) is 0 Å². The van der Waals surface area contributed by atoms with E-state index in [1.54, 1.807) is 14.2 Å². The maximum Gasteiger partial charge on any atom is 0.185 e. The van der Waals surface area contributed by atoms with Gasteiger partial charge in [-0.3, -0.25) is 0 Å². The molecule has 0 spiro atoms. The van der Waals surface area contributed by atoms with E-state index in [0.717, 1.165) is 24.8 Å². The molecule has 0 radical (unpaired) electrons. The lowest BCUT2D eigenvalue weighted by atomic mass is 9.87. The van der Waals surface area contributed by atoms with Gasteiger partial charge in [0.1, 0.15) is 18.3 Å². The summed E-state index contributed by atoms with van der Waals surface area (Å²) in [7, 11) is 3.33. The zero-order chi connectivity index (χ0) is 21.7. The molecule has 3 atom stereocenters. The fourth-order valence-electron chi connectivity index (χ4n) is 3.36. The number of hydrogen-bond donors (Lipinski definition) is 1. The van der Waals surface area contributed by atoms with Crippen LogP contribution in [0.5, 0.6) is 0 Å². The van der Waals surface area contributed by atoms with Crippen molar-refractivity contribution in [2.75, 3.05) is 14.2 Å². The molecule has 0 unspecified atom stereocenters. The number of hydrogen-bond acceptors (Lipinski definition) is 5.